The lowest BCUT2D eigenvalue weighted by Crippen LogP contribution is -2.19. The van der Waals surface area contributed by atoms with Crippen LogP contribution >= 0.6 is 0 Å². The zero-order valence-corrected chi connectivity index (χ0v) is 30.5. The third kappa shape index (κ3) is 5.09. The van der Waals surface area contributed by atoms with E-state index in [1.165, 1.54) is 0 Å². The second-order valence-corrected chi connectivity index (χ2v) is 14.1. The molecule has 0 aliphatic heterocycles. The highest BCUT2D eigenvalue weighted by Crippen LogP contribution is 2.40. The molecule has 11 rings (SSSR count). The fraction of sp³-hybridized carbons (Fsp3) is 0.0196. The SMILES string of the molecule is C/C=c1\c(=C\c2ccc3c(c2)c2ccc4c5ccccc5oc4c2n3-c2ccccc2)oc2c(-c3cc(-c4ccccc4)nc(-c4ccccc4)n3)cccc12. The average molecular weight is 720 g/mol. The summed E-state index contributed by atoms with van der Waals surface area (Å²) in [5.41, 5.74) is 12.2. The topological polar surface area (TPSA) is 57.0 Å². The second-order valence-electron chi connectivity index (χ2n) is 14.1. The molecular formula is C51H33N3O2. The number of hydrogen-bond acceptors (Lipinski definition) is 4. The van der Waals surface area contributed by atoms with Gasteiger partial charge in [-0.1, -0.05) is 127 Å². The molecule has 0 unspecified atom stereocenters. The molecule has 0 aliphatic carbocycles. The average Bonchev–Trinajstić information content (AvgIpc) is 3.93. The van der Waals surface area contributed by atoms with Gasteiger partial charge in [-0.05, 0) is 67.1 Å². The van der Waals surface area contributed by atoms with Gasteiger partial charge in [0.05, 0.1) is 22.4 Å². The molecule has 264 valence electrons. The summed E-state index contributed by atoms with van der Waals surface area (Å²) in [7, 11) is 0. The minimum absolute atomic E-state index is 0.669. The Morgan fingerprint density at radius 1 is 0.518 bits per heavy atom. The first-order valence-electron chi connectivity index (χ1n) is 18.9. The maximum atomic E-state index is 6.87. The molecule has 4 heterocycles. The lowest BCUT2D eigenvalue weighted by molar-refractivity contribution is 0.576. The first-order valence-corrected chi connectivity index (χ1v) is 18.9. The van der Waals surface area contributed by atoms with E-state index >= 15 is 0 Å². The van der Waals surface area contributed by atoms with Crippen LogP contribution in [0, 0.1) is 0 Å². The van der Waals surface area contributed by atoms with Crippen LogP contribution < -0.4 is 10.6 Å². The van der Waals surface area contributed by atoms with E-state index in [0.717, 1.165) is 105 Å². The molecule has 0 atom stereocenters. The molecule has 4 aromatic heterocycles. The monoisotopic (exact) mass is 719 g/mol. The van der Waals surface area contributed by atoms with Crippen LogP contribution in [-0.4, -0.2) is 14.5 Å². The number of furan rings is 2. The van der Waals surface area contributed by atoms with Crippen molar-refractivity contribution in [3.63, 3.8) is 0 Å². The Kier molecular flexibility index (Phi) is 7.32. The van der Waals surface area contributed by atoms with Gasteiger partial charge in [0.1, 0.15) is 16.6 Å². The Bertz CT molecular complexity index is 3360. The molecule has 0 saturated carbocycles. The minimum atomic E-state index is 0.669. The summed E-state index contributed by atoms with van der Waals surface area (Å²) in [4.78, 5) is 10.1. The number of hydrogen-bond donors (Lipinski definition) is 0. The fourth-order valence-corrected chi connectivity index (χ4v) is 8.21. The van der Waals surface area contributed by atoms with Crippen molar-refractivity contribution in [1.82, 2.24) is 14.5 Å². The molecule has 0 radical (unpaired) electrons. The lowest BCUT2D eigenvalue weighted by Gasteiger charge is -2.09. The van der Waals surface area contributed by atoms with E-state index in [0.29, 0.717) is 5.82 Å². The van der Waals surface area contributed by atoms with Crippen LogP contribution in [0.3, 0.4) is 0 Å². The molecule has 0 N–H and O–H groups in total. The number of rotatable bonds is 5. The van der Waals surface area contributed by atoms with Gasteiger partial charge in [-0.25, -0.2) is 9.97 Å². The van der Waals surface area contributed by atoms with Crippen LogP contribution in [0.25, 0.3) is 106 Å². The highest BCUT2D eigenvalue weighted by atomic mass is 16.3. The maximum absolute atomic E-state index is 6.87. The van der Waals surface area contributed by atoms with E-state index in [9.17, 15) is 0 Å². The molecule has 0 fully saturated rings. The minimum Gasteiger partial charge on any atom is -0.455 e. The Labute approximate surface area is 321 Å². The molecule has 11 aromatic rings. The quantitative estimate of drug-likeness (QED) is 0.178. The van der Waals surface area contributed by atoms with Crippen molar-refractivity contribution in [2.24, 2.45) is 0 Å². The van der Waals surface area contributed by atoms with Crippen molar-refractivity contribution < 1.29 is 8.83 Å². The Morgan fingerprint density at radius 2 is 1.21 bits per heavy atom. The van der Waals surface area contributed by atoms with Crippen molar-refractivity contribution >= 4 is 66.9 Å². The highest BCUT2D eigenvalue weighted by molar-refractivity contribution is 6.21. The summed E-state index contributed by atoms with van der Waals surface area (Å²) in [6.07, 6.45) is 4.28. The maximum Gasteiger partial charge on any atom is 0.160 e. The molecule has 0 spiro atoms. The molecule has 5 nitrogen and oxygen atoms in total. The van der Waals surface area contributed by atoms with Gasteiger partial charge in [0.25, 0.3) is 0 Å². The summed E-state index contributed by atoms with van der Waals surface area (Å²) in [5.74, 6) is 0.669. The molecule has 0 bridgehead atoms. The number of fused-ring (bicyclic) bond motifs is 8. The fourth-order valence-electron chi connectivity index (χ4n) is 8.21. The van der Waals surface area contributed by atoms with E-state index < -0.39 is 0 Å². The lowest BCUT2D eigenvalue weighted by atomic mass is 10.0. The van der Waals surface area contributed by atoms with Crippen LogP contribution in [0.2, 0.25) is 0 Å². The van der Waals surface area contributed by atoms with Gasteiger partial charge in [-0.3, -0.25) is 0 Å². The van der Waals surface area contributed by atoms with Crippen molar-refractivity contribution in [1.29, 1.82) is 0 Å². The van der Waals surface area contributed by atoms with E-state index in [1.54, 1.807) is 0 Å². The van der Waals surface area contributed by atoms with Crippen LogP contribution in [0.1, 0.15) is 12.5 Å². The highest BCUT2D eigenvalue weighted by Gasteiger charge is 2.20. The number of benzene rings is 7. The van der Waals surface area contributed by atoms with Crippen molar-refractivity contribution in [2.75, 3.05) is 0 Å². The molecule has 0 amide bonds. The van der Waals surface area contributed by atoms with Crippen LogP contribution in [-0.2, 0) is 0 Å². The molecule has 0 aliphatic rings. The Balaban J connectivity index is 1.12. The van der Waals surface area contributed by atoms with Gasteiger partial charge in [0, 0.05) is 54.5 Å². The molecule has 7 aromatic carbocycles. The van der Waals surface area contributed by atoms with E-state index in [4.69, 9.17) is 18.8 Å². The third-order valence-corrected chi connectivity index (χ3v) is 10.8. The van der Waals surface area contributed by atoms with E-state index in [2.05, 4.69) is 133 Å². The van der Waals surface area contributed by atoms with Crippen molar-refractivity contribution in [3.8, 4) is 39.6 Å². The van der Waals surface area contributed by atoms with Crippen LogP contribution in [0.15, 0.2) is 179 Å². The Morgan fingerprint density at radius 3 is 2.02 bits per heavy atom. The first-order chi connectivity index (χ1) is 27.7. The zero-order chi connectivity index (χ0) is 37.2. The standard InChI is InChI=1S/C51H33N3O2/c1-2-36-39-22-14-23-41(44-31-43(33-15-6-3-7-16-33)52-51(53-44)34-17-8-4-9-18-34)49(39)56-47(36)30-32-25-28-45-42(29-32)38-26-27-40-37-21-12-13-24-46(37)55-50(40)48(38)54(45)35-19-10-5-11-20-35/h2-31H,1H3/b36-2-,47-30-. The summed E-state index contributed by atoms with van der Waals surface area (Å²) in [6.45, 7) is 2.06. The van der Waals surface area contributed by atoms with Crippen molar-refractivity contribution in [2.45, 2.75) is 6.92 Å². The second kappa shape index (κ2) is 12.8. The zero-order valence-electron chi connectivity index (χ0n) is 30.5. The van der Waals surface area contributed by atoms with Crippen LogP contribution in [0.5, 0.6) is 0 Å². The summed E-state index contributed by atoms with van der Waals surface area (Å²) in [6, 6.07) is 58.6. The van der Waals surface area contributed by atoms with E-state index in [1.807, 2.05) is 60.7 Å². The van der Waals surface area contributed by atoms with Gasteiger partial charge in [0.2, 0.25) is 0 Å². The Hall–Kier alpha value is -7.50. The largest absolute Gasteiger partial charge is 0.455 e. The first kappa shape index (κ1) is 32.0. The third-order valence-electron chi connectivity index (χ3n) is 10.8. The van der Waals surface area contributed by atoms with Crippen LogP contribution in [0.4, 0.5) is 0 Å². The van der Waals surface area contributed by atoms with Gasteiger partial charge in [-0.15, -0.1) is 0 Å². The normalized spacial score (nSPS) is 12.6. The van der Waals surface area contributed by atoms with E-state index in [-0.39, 0.29) is 0 Å². The molecular weight excluding hydrogens is 687 g/mol. The number of nitrogens with zero attached hydrogens (tertiary/aromatic N) is 3. The smallest absolute Gasteiger partial charge is 0.160 e. The number of aromatic nitrogens is 3. The summed E-state index contributed by atoms with van der Waals surface area (Å²) >= 11 is 0. The predicted molar refractivity (Wildman–Crippen MR) is 229 cm³/mol. The molecule has 0 saturated heterocycles. The molecule has 5 heteroatoms. The van der Waals surface area contributed by atoms with Gasteiger partial charge in [-0.2, -0.15) is 0 Å². The van der Waals surface area contributed by atoms with Gasteiger partial charge < -0.3 is 13.4 Å². The summed E-state index contributed by atoms with van der Waals surface area (Å²) < 4.78 is 15.8. The summed E-state index contributed by atoms with van der Waals surface area (Å²) in [5, 5.41) is 6.57. The van der Waals surface area contributed by atoms with Gasteiger partial charge in [0.15, 0.2) is 11.4 Å². The predicted octanol–water partition coefficient (Wildman–Crippen LogP) is 11.8. The van der Waals surface area contributed by atoms with Crippen molar-refractivity contribution in [3.05, 3.63) is 186 Å². The molecule has 56 heavy (non-hydrogen) atoms. The van der Waals surface area contributed by atoms with Gasteiger partial charge >= 0.3 is 0 Å². The number of para-hydroxylation sites is 3.